The van der Waals surface area contributed by atoms with Gasteiger partial charge in [0, 0.05) is 0 Å². The van der Waals surface area contributed by atoms with Crippen LogP contribution in [0.4, 0.5) is 0 Å². The van der Waals surface area contributed by atoms with Gasteiger partial charge >= 0.3 is 0 Å². The number of ether oxygens (including phenoxy) is 1. The Kier molecular flexibility index (Phi) is 6.07. The van der Waals surface area contributed by atoms with E-state index < -0.39 is 0 Å². The number of para-hydroxylation sites is 1. The van der Waals surface area contributed by atoms with E-state index in [-0.39, 0.29) is 0 Å². The highest BCUT2D eigenvalue weighted by atomic mass is 16.5. The Labute approximate surface area is 111 Å². The zero-order valence-electron chi connectivity index (χ0n) is 11.2. The van der Waals surface area contributed by atoms with Crippen LogP contribution in [0, 0.1) is 5.92 Å². The molecule has 0 heterocycles. The lowest BCUT2D eigenvalue weighted by Gasteiger charge is -2.21. The Morgan fingerprint density at radius 2 is 1.83 bits per heavy atom. The van der Waals surface area contributed by atoms with Crippen LogP contribution in [0.3, 0.4) is 0 Å². The molecule has 0 amide bonds. The van der Waals surface area contributed by atoms with Crippen molar-refractivity contribution in [3.05, 3.63) is 30.3 Å². The highest BCUT2D eigenvalue weighted by molar-refractivity contribution is 5.20. The topological polar surface area (TPSA) is 21.3 Å². The molecular weight excluding hydrogens is 222 g/mol. The molecular formula is C16H25NO. The van der Waals surface area contributed by atoms with E-state index in [1.807, 2.05) is 30.3 Å². The second kappa shape index (κ2) is 8.15. The molecule has 2 rings (SSSR count). The van der Waals surface area contributed by atoms with E-state index in [2.05, 4.69) is 5.32 Å². The van der Waals surface area contributed by atoms with E-state index in [9.17, 15) is 0 Å². The Morgan fingerprint density at radius 3 is 2.61 bits per heavy atom. The lowest BCUT2D eigenvalue weighted by Crippen LogP contribution is -2.26. The first-order valence-electron chi connectivity index (χ1n) is 7.34. The van der Waals surface area contributed by atoms with Crippen molar-refractivity contribution in [3.63, 3.8) is 0 Å². The minimum Gasteiger partial charge on any atom is -0.494 e. The summed E-state index contributed by atoms with van der Waals surface area (Å²) in [6, 6.07) is 10.1. The summed E-state index contributed by atoms with van der Waals surface area (Å²) in [5.41, 5.74) is 0. The average Bonchev–Trinajstić information content (AvgIpc) is 2.45. The molecule has 1 fully saturated rings. The molecule has 0 aromatic heterocycles. The molecule has 0 aliphatic heterocycles. The van der Waals surface area contributed by atoms with Crippen LogP contribution in [0.1, 0.15) is 38.5 Å². The van der Waals surface area contributed by atoms with Crippen molar-refractivity contribution in [1.82, 2.24) is 5.32 Å². The number of hydrogen-bond donors (Lipinski definition) is 1. The number of hydrogen-bond acceptors (Lipinski definition) is 2. The molecule has 1 aliphatic rings. The number of nitrogens with one attached hydrogen (secondary N) is 1. The van der Waals surface area contributed by atoms with E-state index in [0.717, 1.165) is 31.2 Å². The minimum atomic E-state index is 0.807. The van der Waals surface area contributed by atoms with Crippen LogP contribution in [0.25, 0.3) is 0 Å². The van der Waals surface area contributed by atoms with Gasteiger partial charge in [-0.15, -0.1) is 0 Å². The SMILES string of the molecule is c1ccc(OCCCNCC2CCCCC2)cc1. The van der Waals surface area contributed by atoms with E-state index in [1.54, 1.807) is 0 Å². The van der Waals surface area contributed by atoms with Crippen LogP contribution in [0.2, 0.25) is 0 Å². The summed E-state index contributed by atoms with van der Waals surface area (Å²) in [7, 11) is 0. The minimum absolute atomic E-state index is 0.807. The maximum Gasteiger partial charge on any atom is 0.119 e. The predicted octanol–water partition coefficient (Wildman–Crippen LogP) is 3.63. The maximum absolute atomic E-state index is 5.66. The van der Waals surface area contributed by atoms with Crippen molar-refractivity contribution in [2.45, 2.75) is 38.5 Å². The Hall–Kier alpha value is -1.02. The van der Waals surface area contributed by atoms with Crippen LogP contribution in [-0.2, 0) is 0 Å². The van der Waals surface area contributed by atoms with Crippen molar-refractivity contribution in [1.29, 1.82) is 0 Å². The largest absolute Gasteiger partial charge is 0.494 e. The molecule has 0 spiro atoms. The molecule has 1 N–H and O–H groups in total. The van der Waals surface area contributed by atoms with Crippen molar-refractivity contribution >= 4 is 0 Å². The van der Waals surface area contributed by atoms with Crippen molar-refractivity contribution in [2.24, 2.45) is 5.92 Å². The van der Waals surface area contributed by atoms with Crippen molar-refractivity contribution < 1.29 is 4.74 Å². The Balaban J connectivity index is 1.46. The van der Waals surface area contributed by atoms with Gasteiger partial charge in [0.15, 0.2) is 0 Å². The molecule has 18 heavy (non-hydrogen) atoms. The third-order valence-electron chi connectivity index (χ3n) is 3.67. The molecule has 1 aromatic rings. The number of benzene rings is 1. The highest BCUT2D eigenvalue weighted by Crippen LogP contribution is 2.22. The molecule has 1 aromatic carbocycles. The standard InChI is InChI=1S/C16H25NO/c1-3-8-15(9-4-1)14-17-12-7-13-18-16-10-5-2-6-11-16/h2,5-6,10-11,15,17H,1,3-4,7-9,12-14H2. The lowest BCUT2D eigenvalue weighted by atomic mass is 9.89. The Bertz CT molecular complexity index is 306. The second-order valence-corrected chi connectivity index (χ2v) is 5.22. The van der Waals surface area contributed by atoms with Gasteiger partial charge in [0.25, 0.3) is 0 Å². The second-order valence-electron chi connectivity index (χ2n) is 5.22. The molecule has 2 nitrogen and oxygen atoms in total. The van der Waals surface area contributed by atoms with Crippen molar-refractivity contribution in [2.75, 3.05) is 19.7 Å². The smallest absolute Gasteiger partial charge is 0.119 e. The molecule has 0 unspecified atom stereocenters. The van der Waals surface area contributed by atoms with Crippen LogP contribution in [0.15, 0.2) is 30.3 Å². The Morgan fingerprint density at radius 1 is 1.06 bits per heavy atom. The summed E-state index contributed by atoms with van der Waals surface area (Å²) < 4.78 is 5.66. The summed E-state index contributed by atoms with van der Waals surface area (Å²) in [6.45, 7) is 3.08. The molecule has 0 radical (unpaired) electrons. The van der Waals surface area contributed by atoms with Gasteiger partial charge in [-0.05, 0) is 50.4 Å². The molecule has 1 saturated carbocycles. The summed E-state index contributed by atoms with van der Waals surface area (Å²) >= 11 is 0. The van der Waals surface area contributed by atoms with Gasteiger partial charge in [0.05, 0.1) is 6.61 Å². The predicted molar refractivity (Wildman–Crippen MR) is 76.0 cm³/mol. The number of rotatable bonds is 7. The van der Waals surface area contributed by atoms with Gasteiger partial charge in [0.2, 0.25) is 0 Å². The van der Waals surface area contributed by atoms with Crippen LogP contribution in [0.5, 0.6) is 5.75 Å². The van der Waals surface area contributed by atoms with E-state index in [0.29, 0.717) is 0 Å². The molecule has 2 heteroatoms. The fraction of sp³-hybridized carbons (Fsp3) is 0.625. The van der Waals surface area contributed by atoms with Gasteiger partial charge in [0.1, 0.15) is 5.75 Å². The quantitative estimate of drug-likeness (QED) is 0.743. The van der Waals surface area contributed by atoms with Crippen molar-refractivity contribution in [3.8, 4) is 5.75 Å². The normalized spacial score (nSPS) is 16.7. The zero-order valence-corrected chi connectivity index (χ0v) is 11.2. The fourth-order valence-electron chi connectivity index (χ4n) is 2.60. The third kappa shape index (κ3) is 5.09. The van der Waals surface area contributed by atoms with E-state index >= 15 is 0 Å². The zero-order chi connectivity index (χ0) is 12.5. The average molecular weight is 247 g/mol. The molecule has 100 valence electrons. The van der Waals surface area contributed by atoms with E-state index in [4.69, 9.17) is 4.74 Å². The molecule has 0 bridgehead atoms. The van der Waals surface area contributed by atoms with Crippen LogP contribution >= 0.6 is 0 Å². The summed E-state index contributed by atoms with van der Waals surface area (Å²) in [5.74, 6) is 1.90. The molecule has 0 saturated heterocycles. The molecule has 0 atom stereocenters. The van der Waals surface area contributed by atoms with Gasteiger partial charge in [-0.3, -0.25) is 0 Å². The first-order valence-corrected chi connectivity index (χ1v) is 7.34. The van der Waals surface area contributed by atoms with E-state index in [1.165, 1.54) is 38.6 Å². The third-order valence-corrected chi connectivity index (χ3v) is 3.67. The van der Waals surface area contributed by atoms with Crippen LogP contribution < -0.4 is 10.1 Å². The van der Waals surface area contributed by atoms with Gasteiger partial charge in [-0.25, -0.2) is 0 Å². The lowest BCUT2D eigenvalue weighted by molar-refractivity contribution is 0.299. The van der Waals surface area contributed by atoms with Gasteiger partial charge in [-0.2, -0.15) is 0 Å². The molecule has 1 aliphatic carbocycles. The van der Waals surface area contributed by atoms with Gasteiger partial charge in [-0.1, -0.05) is 37.5 Å². The first kappa shape index (κ1) is 13.4. The fourth-order valence-corrected chi connectivity index (χ4v) is 2.60. The van der Waals surface area contributed by atoms with Gasteiger partial charge < -0.3 is 10.1 Å². The summed E-state index contributed by atoms with van der Waals surface area (Å²) in [4.78, 5) is 0. The first-order chi connectivity index (χ1) is 8.95. The summed E-state index contributed by atoms with van der Waals surface area (Å²) in [5, 5.41) is 3.56. The monoisotopic (exact) mass is 247 g/mol. The maximum atomic E-state index is 5.66. The highest BCUT2D eigenvalue weighted by Gasteiger charge is 2.12. The van der Waals surface area contributed by atoms with Crippen LogP contribution in [-0.4, -0.2) is 19.7 Å². The summed E-state index contributed by atoms with van der Waals surface area (Å²) in [6.07, 6.45) is 8.25.